The van der Waals surface area contributed by atoms with Crippen LogP contribution in [0.4, 0.5) is 34.1 Å². The van der Waals surface area contributed by atoms with Crippen LogP contribution in [0.1, 0.15) is 112 Å². The van der Waals surface area contributed by atoms with Crippen molar-refractivity contribution in [3.63, 3.8) is 0 Å². The molecule has 4 heteroatoms. The normalized spacial score (nSPS) is 19.1. The van der Waals surface area contributed by atoms with E-state index in [1.165, 1.54) is 53.4 Å². The predicted octanol–water partition coefficient (Wildman–Crippen LogP) is 14.7. The van der Waals surface area contributed by atoms with E-state index in [0.717, 1.165) is 75.5 Å². The van der Waals surface area contributed by atoms with Gasteiger partial charge in [-0.15, -0.1) is 11.3 Å². The molecule has 0 radical (unpaired) electrons. The molecule has 0 unspecified atom stereocenters. The van der Waals surface area contributed by atoms with Crippen LogP contribution in [-0.4, -0.2) is 6.71 Å². The Morgan fingerprint density at radius 2 is 1.08 bits per heavy atom. The molecule has 63 heavy (non-hydrogen) atoms. The lowest BCUT2D eigenvalue weighted by Gasteiger charge is -2.48. The summed E-state index contributed by atoms with van der Waals surface area (Å²) in [4.78, 5) is 4.94. The minimum atomic E-state index is -2.37. The molecule has 0 N–H and O–H groups in total. The summed E-state index contributed by atoms with van der Waals surface area (Å²) < 4.78 is 30.0. The molecule has 0 amide bonds. The van der Waals surface area contributed by atoms with Crippen LogP contribution in [-0.2, 0) is 21.7 Å². The van der Waals surface area contributed by atoms with Gasteiger partial charge in [0.15, 0.2) is 0 Å². The smallest absolute Gasteiger partial charge is 0.252 e. The molecular weight excluding hydrogens is 780 g/mol. The summed E-state index contributed by atoms with van der Waals surface area (Å²) in [6.07, 6.45) is 3.26. The van der Waals surface area contributed by atoms with Crippen LogP contribution in [0.2, 0.25) is 0 Å². The molecule has 312 valence electrons. The van der Waals surface area contributed by atoms with Gasteiger partial charge in [0.2, 0.25) is 0 Å². The fourth-order valence-electron chi connectivity index (χ4n) is 12.6. The highest BCUT2D eigenvalue weighted by molar-refractivity contribution is 7.26. The standard InChI is InChI=1S/C59H57BN2S/c1-35-27-50-55-51(28-35)62(47-29-38(24-23-36(47)2)37-17-12-11-13-18-37)49-32-42-40(56(3,4)25-26-57(42,5)6)30-44(49)60(55)45-31-41-43(59(9,10)34-58(41,7)8)33-48(45)61(50)46-20-16-22-53-54(46)39-19-14-15-21-52(39)63-53/h11-24,27-33H,25-26,34H2,1-10H3/i1D3. The first kappa shape index (κ1) is 35.8. The zero-order valence-corrected chi connectivity index (χ0v) is 38.9. The van der Waals surface area contributed by atoms with Crippen molar-refractivity contribution in [2.45, 2.75) is 110 Å². The van der Waals surface area contributed by atoms with Gasteiger partial charge in [-0.3, -0.25) is 0 Å². The molecule has 2 aliphatic heterocycles. The van der Waals surface area contributed by atoms with Crippen LogP contribution in [0.5, 0.6) is 0 Å². The van der Waals surface area contributed by atoms with Crippen LogP contribution in [0.3, 0.4) is 0 Å². The van der Waals surface area contributed by atoms with Gasteiger partial charge >= 0.3 is 0 Å². The summed E-state index contributed by atoms with van der Waals surface area (Å²) in [7, 11) is 0. The molecule has 0 fully saturated rings. The minimum absolute atomic E-state index is 0.0226. The van der Waals surface area contributed by atoms with Crippen molar-refractivity contribution in [3.8, 4) is 11.1 Å². The Labute approximate surface area is 382 Å². The second-order valence-corrected chi connectivity index (χ2v) is 22.9. The third-order valence-corrected chi connectivity index (χ3v) is 16.8. The van der Waals surface area contributed by atoms with Crippen molar-refractivity contribution >= 4 is 88.7 Å². The number of anilines is 6. The molecule has 3 heterocycles. The molecule has 0 spiro atoms. The topological polar surface area (TPSA) is 6.48 Å². The Bertz CT molecular complexity index is 3370. The summed E-state index contributed by atoms with van der Waals surface area (Å²) in [6.45, 7) is 19.0. The van der Waals surface area contributed by atoms with Crippen LogP contribution in [0.15, 0.2) is 127 Å². The number of fused-ring (bicyclic) bond motifs is 9. The van der Waals surface area contributed by atoms with Gasteiger partial charge in [-0.1, -0.05) is 134 Å². The minimum Gasteiger partial charge on any atom is -0.311 e. The average Bonchev–Trinajstić information content (AvgIpc) is 3.74. The van der Waals surface area contributed by atoms with E-state index >= 15 is 0 Å². The van der Waals surface area contributed by atoms with Gasteiger partial charge in [-0.2, -0.15) is 0 Å². The Morgan fingerprint density at radius 3 is 1.75 bits per heavy atom. The number of aryl methyl sites for hydroxylation is 2. The first-order valence-electron chi connectivity index (χ1n) is 24.5. The number of thiophene rings is 1. The first-order valence-corrected chi connectivity index (χ1v) is 23.8. The second-order valence-electron chi connectivity index (χ2n) is 21.8. The number of hydrogen-bond acceptors (Lipinski definition) is 3. The molecule has 0 saturated heterocycles. The number of rotatable bonds is 3. The molecule has 0 bridgehead atoms. The summed E-state index contributed by atoms with van der Waals surface area (Å²) >= 11 is 1.83. The lowest BCUT2D eigenvalue weighted by atomic mass is 9.32. The van der Waals surface area contributed by atoms with E-state index in [1.807, 2.05) is 23.5 Å². The van der Waals surface area contributed by atoms with Crippen molar-refractivity contribution in [2.24, 2.45) is 0 Å². The van der Waals surface area contributed by atoms with E-state index < -0.39 is 6.85 Å². The molecular formula is C59H57BN2S. The van der Waals surface area contributed by atoms with Crippen molar-refractivity contribution in [2.75, 3.05) is 9.80 Å². The second kappa shape index (κ2) is 13.0. The van der Waals surface area contributed by atoms with E-state index in [9.17, 15) is 4.11 Å². The third kappa shape index (κ3) is 5.56. The van der Waals surface area contributed by atoms with Crippen molar-refractivity contribution in [1.29, 1.82) is 0 Å². The largest absolute Gasteiger partial charge is 0.311 e. The van der Waals surface area contributed by atoms with Crippen LogP contribution in [0.25, 0.3) is 31.3 Å². The van der Waals surface area contributed by atoms with Gasteiger partial charge in [-0.25, -0.2) is 0 Å². The Morgan fingerprint density at radius 1 is 0.508 bits per heavy atom. The van der Waals surface area contributed by atoms with Crippen molar-refractivity contribution in [1.82, 2.24) is 0 Å². The number of hydrogen-bond donors (Lipinski definition) is 0. The molecule has 12 rings (SSSR count). The Kier molecular flexibility index (Phi) is 7.40. The van der Waals surface area contributed by atoms with Gasteiger partial charge < -0.3 is 9.80 Å². The van der Waals surface area contributed by atoms with E-state index in [2.05, 4.69) is 187 Å². The molecule has 1 aromatic heterocycles. The molecule has 2 aliphatic carbocycles. The molecule has 0 atom stereocenters. The highest BCUT2D eigenvalue weighted by Crippen LogP contribution is 2.55. The predicted molar refractivity (Wildman–Crippen MR) is 274 cm³/mol. The quantitative estimate of drug-likeness (QED) is 0.164. The van der Waals surface area contributed by atoms with E-state index in [0.29, 0.717) is 5.56 Å². The SMILES string of the molecule is [2H]C([2H])([2H])c1cc2c3c(c1)N(c1cccc4sc5ccccc5c14)c1cc4c(cc1B3c1cc3c(cc1N2c1cc(-c2ccccc2)ccc1C)C(C)(C)CCC3(C)C)C(C)(C)CC4(C)C. The monoisotopic (exact) mass is 839 g/mol. The Hall–Kier alpha value is -5.58. The van der Waals surface area contributed by atoms with E-state index in [1.54, 1.807) is 0 Å². The highest BCUT2D eigenvalue weighted by Gasteiger charge is 2.50. The molecule has 2 nitrogen and oxygen atoms in total. The van der Waals surface area contributed by atoms with Crippen molar-refractivity contribution < 1.29 is 4.11 Å². The van der Waals surface area contributed by atoms with Crippen molar-refractivity contribution in [3.05, 3.63) is 161 Å². The van der Waals surface area contributed by atoms with Gasteiger partial charge in [0, 0.05) is 52.7 Å². The maximum absolute atomic E-state index is 9.18. The van der Waals surface area contributed by atoms with Gasteiger partial charge in [0.25, 0.3) is 6.71 Å². The molecule has 8 aromatic rings. The number of nitrogens with zero attached hydrogens (tertiary/aromatic N) is 2. The summed E-state index contributed by atoms with van der Waals surface area (Å²) in [5, 5.41) is 2.42. The van der Waals surface area contributed by atoms with Crippen LogP contribution in [0, 0.1) is 13.8 Å². The van der Waals surface area contributed by atoms with Crippen LogP contribution < -0.4 is 26.2 Å². The average molecular weight is 840 g/mol. The fraction of sp³-hybridized carbons (Fsp3) is 0.288. The molecule has 4 aliphatic rings. The third-order valence-electron chi connectivity index (χ3n) is 15.7. The fourth-order valence-corrected chi connectivity index (χ4v) is 13.8. The molecule has 7 aromatic carbocycles. The lowest BCUT2D eigenvalue weighted by molar-refractivity contribution is 0.332. The van der Waals surface area contributed by atoms with Gasteiger partial charge in [0.05, 0.1) is 5.69 Å². The van der Waals surface area contributed by atoms with E-state index in [4.69, 9.17) is 0 Å². The van der Waals surface area contributed by atoms with Crippen LogP contribution >= 0.6 is 11.3 Å². The van der Waals surface area contributed by atoms with E-state index in [-0.39, 0.29) is 28.4 Å². The Balaban J connectivity index is 1.27. The molecule has 0 saturated carbocycles. The summed E-state index contributed by atoms with van der Waals surface area (Å²) in [5.41, 5.74) is 19.3. The number of benzene rings is 7. The maximum Gasteiger partial charge on any atom is 0.252 e. The maximum atomic E-state index is 9.18. The zero-order valence-electron chi connectivity index (χ0n) is 41.1. The highest BCUT2D eigenvalue weighted by atomic mass is 32.1. The lowest BCUT2D eigenvalue weighted by Crippen LogP contribution is -2.62. The summed E-state index contributed by atoms with van der Waals surface area (Å²) in [6, 6.07) is 47.2. The van der Waals surface area contributed by atoms with Gasteiger partial charge in [-0.05, 0) is 164 Å². The van der Waals surface area contributed by atoms with Gasteiger partial charge in [0.1, 0.15) is 0 Å². The summed E-state index contributed by atoms with van der Waals surface area (Å²) in [5.74, 6) is 0. The zero-order chi connectivity index (χ0) is 46.0. The first-order chi connectivity index (χ1) is 31.2.